The van der Waals surface area contributed by atoms with E-state index >= 15 is 0 Å². The minimum absolute atomic E-state index is 0.107. The third kappa shape index (κ3) is 5.90. The van der Waals surface area contributed by atoms with E-state index < -0.39 is 10.0 Å². The van der Waals surface area contributed by atoms with Gasteiger partial charge in [0.25, 0.3) is 0 Å². The summed E-state index contributed by atoms with van der Waals surface area (Å²) in [7, 11) is 3.30. The number of anilines is 1. The lowest BCUT2D eigenvalue weighted by molar-refractivity contribution is 0.330. The van der Waals surface area contributed by atoms with Crippen LogP contribution in [0.1, 0.15) is 6.92 Å². The van der Waals surface area contributed by atoms with Gasteiger partial charge in [-0.3, -0.25) is 0 Å². The Morgan fingerprint density at radius 2 is 1.92 bits per heavy atom. The zero-order valence-corrected chi connectivity index (χ0v) is 16.4. The average Bonchev–Trinajstić information content (AvgIpc) is 2.48. The molecule has 9 heteroatoms. The van der Waals surface area contributed by atoms with Crippen LogP contribution in [0.2, 0.25) is 0 Å². The van der Waals surface area contributed by atoms with Crippen molar-refractivity contribution in [2.45, 2.75) is 11.8 Å². The number of likely N-dealkylation sites (N-methyl/N-ethyl adjacent to an activating group) is 1. The van der Waals surface area contributed by atoms with E-state index in [2.05, 4.69) is 10.6 Å². The molecule has 0 unspecified atom stereocenters. The third-order valence-corrected chi connectivity index (χ3v) is 5.19. The maximum absolute atomic E-state index is 12.5. The van der Waals surface area contributed by atoms with Gasteiger partial charge < -0.3 is 20.3 Å². The summed E-state index contributed by atoms with van der Waals surface area (Å²) in [5.41, 5.74) is 0.584. The van der Waals surface area contributed by atoms with E-state index in [1.807, 2.05) is 25.9 Å². The molecule has 0 aliphatic carbocycles. The van der Waals surface area contributed by atoms with Crippen LogP contribution in [0.5, 0.6) is 5.75 Å². The summed E-state index contributed by atoms with van der Waals surface area (Å²) in [6.45, 7) is 3.72. The van der Waals surface area contributed by atoms with Crippen molar-refractivity contribution in [2.75, 3.05) is 53.2 Å². The van der Waals surface area contributed by atoms with Crippen molar-refractivity contribution in [3.63, 3.8) is 0 Å². The largest absolute Gasteiger partial charge is 0.492 e. The Bertz CT molecular complexity index is 661. The van der Waals surface area contributed by atoms with Crippen LogP contribution < -0.4 is 15.4 Å². The van der Waals surface area contributed by atoms with Crippen LogP contribution in [0.15, 0.2) is 23.1 Å². The van der Waals surface area contributed by atoms with Crippen LogP contribution in [0.3, 0.4) is 0 Å². The van der Waals surface area contributed by atoms with Gasteiger partial charge in [0.1, 0.15) is 10.6 Å². The molecule has 2 N–H and O–H groups in total. The van der Waals surface area contributed by atoms with Gasteiger partial charge in [-0.15, -0.1) is 0 Å². The number of hydrogen-bond donors (Lipinski definition) is 2. The predicted molar refractivity (Wildman–Crippen MR) is 101 cm³/mol. The summed E-state index contributed by atoms with van der Waals surface area (Å²) in [5.74, 6) is 0.322. The molecule has 0 saturated heterocycles. The molecule has 0 saturated carbocycles. The van der Waals surface area contributed by atoms with Crippen molar-refractivity contribution >= 4 is 33.0 Å². The molecule has 136 valence electrons. The monoisotopic (exact) mass is 374 g/mol. The molecule has 24 heavy (non-hydrogen) atoms. The maximum atomic E-state index is 12.5. The topological polar surface area (TPSA) is 73.9 Å². The van der Waals surface area contributed by atoms with E-state index in [4.69, 9.17) is 17.0 Å². The molecular formula is C15H26N4O3S2. The van der Waals surface area contributed by atoms with Gasteiger partial charge in [0.05, 0.1) is 6.61 Å². The van der Waals surface area contributed by atoms with Gasteiger partial charge in [0, 0.05) is 32.9 Å². The molecule has 0 heterocycles. The first kappa shape index (κ1) is 20.6. The second-order valence-corrected chi connectivity index (χ2v) is 8.09. The second-order valence-electron chi connectivity index (χ2n) is 5.57. The molecule has 1 aromatic carbocycles. The molecule has 0 radical (unpaired) electrons. The standard InChI is InChI=1S/C15H26N4O3S2/c1-6-22-13-8-7-12(11-14(13)24(20,21)19(4)5)17-15(23)16-9-10-18(2)3/h7-8,11H,6,9-10H2,1-5H3,(H2,16,17,23). The molecule has 0 atom stereocenters. The Balaban J connectivity index is 2.96. The van der Waals surface area contributed by atoms with Crippen LogP contribution >= 0.6 is 12.2 Å². The number of rotatable bonds is 8. The quantitative estimate of drug-likeness (QED) is 0.662. The third-order valence-electron chi connectivity index (χ3n) is 3.10. The van der Waals surface area contributed by atoms with Gasteiger partial charge in [-0.2, -0.15) is 0 Å². The normalized spacial score (nSPS) is 11.6. The Morgan fingerprint density at radius 1 is 1.25 bits per heavy atom. The van der Waals surface area contributed by atoms with Crippen molar-refractivity contribution in [1.82, 2.24) is 14.5 Å². The number of thiocarbonyl (C=S) groups is 1. The molecule has 0 bridgehead atoms. The zero-order chi connectivity index (χ0) is 18.3. The van der Waals surface area contributed by atoms with Crippen LogP contribution in [0.4, 0.5) is 5.69 Å². The van der Waals surface area contributed by atoms with Gasteiger partial charge in [-0.25, -0.2) is 12.7 Å². The summed E-state index contributed by atoms with van der Waals surface area (Å²) in [5, 5.41) is 6.51. The molecular weight excluding hydrogens is 348 g/mol. The van der Waals surface area contributed by atoms with E-state index in [1.54, 1.807) is 12.1 Å². The lowest BCUT2D eigenvalue weighted by atomic mass is 10.3. The molecule has 0 spiro atoms. The zero-order valence-electron chi connectivity index (χ0n) is 14.8. The fourth-order valence-electron chi connectivity index (χ4n) is 1.83. The fourth-order valence-corrected chi connectivity index (χ4v) is 3.10. The van der Waals surface area contributed by atoms with Gasteiger partial charge in [-0.05, 0) is 51.4 Å². The molecule has 0 aliphatic heterocycles. The summed E-state index contributed by atoms with van der Waals surface area (Å²) >= 11 is 5.23. The number of hydrogen-bond acceptors (Lipinski definition) is 5. The van der Waals surface area contributed by atoms with E-state index in [0.717, 1.165) is 10.8 Å². The molecule has 0 fully saturated rings. The first-order valence-corrected chi connectivity index (χ1v) is 9.42. The minimum Gasteiger partial charge on any atom is -0.492 e. The number of nitrogens with zero attached hydrogens (tertiary/aromatic N) is 2. The fraction of sp³-hybridized carbons (Fsp3) is 0.533. The molecule has 0 aliphatic rings. The number of benzene rings is 1. The minimum atomic E-state index is -3.62. The smallest absolute Gasteiger partial charge is 0.246 e. The van der Waals surface area contributed by atoms with Gasteiger partial charge in [0.15, 0.2) is 5.11 Å². The number of nitrogens with one attached hydrogen (secondary N) is 2. The lowest BCUT2D eigenvalue weighted by Gasteiger charge is -2.17. The van der Waals surface area contributed by atoms with Crippen molar-refractivity contribution in [3.05, 3.63) is 18.2 Å². The van der Waals surface area contributed by atoms with Crippen molar-refractivity contribution in [1.29, 1.82) is 0 Å². The lowest BCUT2D eigenvalue weighted by Crippen LogP contribution is -2.34. The summed E-state index contributed by atoms with van der Waals surface area (Å²) in [6, 6.07) is 4.89. The van der Waals surface area contributed by atoms with E-state index in [1.165, 1.54) is 20.2 Å². The highest BCUT2D eigenvalue weighted by atomic mass is 32.2. The highest BCUT2D eigenvalue weighted by molar-refractivity contribution is 7.89. The Kier molecular flexibility index (Phi) is 7.88. The highest BCUT2D eigenvalue weighted by Crippen LogP contribution is 2.29. The Labute approximate surface area is 150 Å². The Morgan fingerprint density at radius 3 is 2.46 bits per heavy atom. The first-order valence-electron chi connectivity index (χ1n) is 7.57. The molecule has 0 aromatic heterocycles. The number of sulfonamides is 1. The maximum Gasteiger partial charge on any atom is 0.246 e. The SMILES string of the molecule is CCOc1ccc(NC(=S)NCCN(C)C)cc1S(=O)(=O)N(C)C. The second kappa shape index (κ2) is 9.16. The molecule has 1 rings (SSSR count). The number of ether oxygens (including phenoxy) is 1. The van der Waals surface area contributed by atoms with Gasteiger partial charge >= 0.3 is 0 Å². The molecule has 7 nitrogen and oxygen atoms in total. The summed E-state index contributed by atoms with van der Waals surface area (Å²) in [4.78, 5) is 2.14. The van der Waals surface area contributed by atoms with E-state index in [9.17, 15) is 8.42 Å². The highest BCUT2D eigenvalue weighted by Gasteiger charge is 2.23. The van der Waals surface area contributed by atoms with Crippen LogP contribution in [-0.2, 0) is 10.0 Å². The molecule has 1 aromatic rings. The van der Waals surface area contributed by atoms with E-state index in [-0.39, 0.29) is 4.90 Å². The van der Waals surface area contributed by atoms with Crippen LogP contribution in [0.25, 0.3) is 0 Å². The van der Waals surface area contributed by atoms with Crippen molar-refractivity contribution < 1.29 is 13.2 Å². The van der Waals surface area contributed by atoms with Gasteiger partial charge in [0.2, 0.25) is 10.0 Å². The van der Waals surface area contributed by atoms with E-state index in [0.29, 0.717) is 29.7 Å². The average molecular weight is 375 g/mol. The summed E-state index contributed by atoms with van der Waals surface area (Å²) in [6.07, 6.45) is 0. The first-order chi connectivity index (χ1) is 11.2. The van der Waals surface area contributed by atoms with Crippen LogP contribution in [0, 0.1) is 0 Å². The van der Waals surface area contributed by atoms with Gasteiger partial charge in [-0.1, -0.05) is 0 Å². The van der Waals surface area contributed by atoms with Crippen molar-refractivity contribution in [2.24, 2.45) is 0 Å². The Hall–Kier alpha value is -1.42. The van der Waals surface area contributed by atoms with Crippen molar-refractivity contribution in [3.8, 4) is 5.75 Å². The predicted octanol–water partition coefficient (Wildman–Crippen LogP) is 1.18. The summed E-state index contributed by atoms with van der Waals surface area (Å²) < 4.78 is 31.5. The van der Waals surface area contributed by atoms with Crippen LogP contribution in [-0.4, -0.2) is 70.6 Å². The molecule has 0 amide bonds.